The molecule has 0 aromatic heterocycles. The molecule has 2 rings (SSSR count). The van der Waals surface area contributed by atoms with Gasteiger partial charge in [0, 0.05) is 12.1 Å². The summed E-state index contributed by atoms with van der Waals surface area (Å²) < 4.78 is 18.7. The topological polar surface area (TPSA) is 75.6 Å². The summed E-state index contributed by atoms with van der Waals surface area (Å²) in [6.45, 7) is -0.112. The van der Waals surface area contributed by atoms with E-state index in [0.29, 0.717) is 16.9 Å². The molecule has 0 aliphatic rings. The predicted molar refractivity (Wildman–Crippen MR) is 81.5 cm³/mol. The average Bonchev–Trinajstić information content (AvgIpc) is 2.53. The normalized spacial score (nSPS) is 10.1. The number of rotatable bonds is 7. The van der Waals surface area contributed by atoms with Crippen molar-refractivity contribution in [3.8, 4) is 5.75 Å². The number of carboxylic acid groups (broad SMARTS) is 1. The van der Waals surface area contributed by atoms with E-state index in [0.717, 1.165) is 0 Å². The second-order valence-electron chi connectivity index (χ2n) is 4.87. The lowest BCUT2D eigenvalue weighted by atomic mass is 10.1. The average molecular weight is 317 g/mol. The highest BCUT2D eigenvalue weighted by Crippen LogP contribution is 2.12. The van der Waals surface area contributed by atoms with E-state index in [1.54, 1.807) is 42.5 Å². The molecule has 2 aromatic carbocycles. The molecular weight excluding hydrogens is 301 g/mol. The fourth-order valence-corrected chi connectivity index (χ4v) is 1.91. The molecule has 5 nitrogen and oxygen atoms in total. The molecule has 0 fully saturated rings. The first-order valence-electron chi connectivity index (χ1n) is 6.98. The number of aliphatic carboxylic acids is 1. The monoisotopic (exact) mass is 317 g/mol. The lowest BCUT2D eigenvalue weighted by Crippen LogP contribution is -2.28. The van der Waals surface area contributed by atoms with Gasteiger partial charge in [0.1, 0.15) is 11.6 Å². The van der Waals surface area contributed by atoms with Gasteiger partial charge in [0.15, 0.2) is 6.61 Å². The SMILES string of the molecule is O=C(O)Cc1ccc(OCC(=O)NCc2ccccc2F)cc1. The van der Waals surface area contributed by atoms with Crippen LogP contribution in [0.1, 0.15) is 11.1 Å². The van der Waals surface area contributed by atoms with Gasteiger partial charge in [-0.3, -0.25) is 9.59 Å². The molecule has 23 heavy (non-hydrogen) atoms. The summed E-state index contributed by atoms with van der Waals surface area (Å²) in [5.74, 6) is -1.20. The highest BCUT2D eigenvalue weighted by atomic mass is 19.1. The Bertz CT molecular complexity index is 685. The summed E-state index contributed by atoms with van der Waals surface area (Å²) >= 11 is 0. The van der Waals surface area contributed by atoms with Crippen LogP contribution in [0.3, 0.4) is 0 Å². The van der Waals surface area contributed by atoms with Gasteiger partial charge < -0.3 is 15.2 Å². The number of benzene rings is 2. The van der Waals surface area contributed by atoms with E-state index in [1.807, 2.05) is 0 Å². The number of carboxylic acids is 1. The van der Waals surface area contributed by atoms with Crippen LogP contribution in [0.25, 0.3) is 0 Å². The molecule has 2 aromatic rings. The zero-order chi connectivity index (χ0) is 16.7. The Hall–Kier alpha value is -2.89. The number of ether oxygens (including phenoxy) is 1. The van der Waals surface area contributed by atoms with Gasteiger partial charge >= 0.3 is 5.97 Å². The van der Waals surface area contributed by atoms with Gasteiger partial charge in [0.2, 0.25) is 0 Å². The van der Waals surface area contributed by atoms with Crippen molar-refractivity contribution in [1.82, 2.24) is 5.32 Å². The van der Waals surface area contributed by atoms with Crippen LogP contribution in [0.5, 0.6) is 5.75 Å². The van der Waals surface area contributed by atoms with E-state index < -0.39 is 5.97 Å². The number of halogens is 1. The predicted octanol–water partition coefficient (Wildman–Crippen LogP) is 2.15. The van der Waals surface area contributed by atoms with Crippen LogP contribution in [0.2, 0.25) is 0 Å². The van der Waals surface area contributed by atoms with Crippen molar-refractivity contribution in [2.24, 2.45) is 0 Å². The first kappa shape index (κ1) is 16.5. The lowest BCUT2D eigenvalue weighted by Gasteiger charge is -2.08. The summed E-state index contributed by atoms with van der Waals surface area (Å²) in [6, 6.07) is 12.7. The number of hydrogen-bond donors (Lipinski definition) is 2. The standard InChI is InChI=1S/C17H16FNO4/c18-15-4-2-1-3-13(15)10-19-16(20)11-23-14-7-5-12(6-8-14)9-17(21)22/h1-8H,9-11H2,(H,19,20)(H,21,22). The third-order valence-corrected chi connectivity index (χ3v) is 3.08. The summed E-state index contributed by atoms with van der Waals surface area (Å²) in [4.78, 5) is 22.2. The Labute approximate surface area is 132 Å². The van der Waals surface area contributed by atoms with Crippen molar-refractivity contribution in [2.75, 3.05) is 6.61 Å². The van der Waals surface area contributed by atoms with Crippen molar-refractivity contribution in [3.05, 3.63) is 65.5 Å². The largest absolute Gasteiger partial charge is 0.484 e. The van der Waals surface area contributed by atoms with Gasteiger partial charge in [0.05, 0.1) is 6.42 Å². The second-order valence-corrected chi connectivity index (χ2v) is 4.87. The number of carbonyl (C=O) groups is 2. The number of amides is 1. The van der Waals surface area contributed by atoms with E-state index in [9.17, 15) is 14.0 Å². The van der Waals surface area contributed by atoms with E-state index in [2.05, 4.69) is 5.32 Å². The van der Waals surface area contributed by atoms with Crippen LogP contribution in [-0.4, -0.2) is 23.6 Å². The molecule has 6 heteroatoms. The first-order chi connectivity index (χ1) is 11.0. The van der Waals surface area contributed by atoms with Gasteiger partial charge in [-0.15, -0.1) is 0 Å². The van der Waals surface area contributed by atoms with Gasteiger partial charge in [-0.2, -0.15) is 0 Å². The van der Waals surface area contributed by atoms with Crippen molar-refractivity contribution in [2.45, 2.75) is 13.0 Å². The van der Waals surface area contributed by atoms with Crippen LogP contribution >= 0.6 is 0 Å². The van der Waals surface area contributed by atoms with Crippen LogP contribution in [-0.2, 0) is 22.6 Å². The zero-order valence-corrected chi connectivity index (χ0v) is 12.3. The molecule has 0 atom stereocenters. The molecule has 0 aliphatic heterocycles. The van der Waals surface area contributed by atoms with Gasteiger partial charge in [0.25, 0.3) is 5.91 Å². The maximum Gasteiger partial charge on any atom is 0.307 e. The molecule has 0 bridgehead atoms. The van der Waals surface area contributed by atoms with Gasteiger partial charge in [-0.25, -0.2) is 4.39 Å². The number of hydrogen-bond acceptors (Lipinski definition) is 3. The Morgan fingerprint density at radius 3 is 2.43 bits per heavy atom. The van der Waals surface area contributed by atoms with Gasteiger partial charge in [-0.05, 0) is 23.8 Å². The quantitative estimate of drug-likeness (QED) is 0.820. The summed E-state index contributed by atoms with van der Waals surface area (Å²) in [5, 5.41) is 11.2. The van der Waals surface area contributed by atoms with Crippen LogP contribution in [0.15, 0.2) is 48.5 Å². The van der Waals surface area contributed by atoms with Crippen molar-refractivity contribution >= 4 is 11.9 Å². The highest BCUT2D eigenvalue weighted by Gasteiger charge is 2.06. The first-order valence-corrected chi connectivity index (χ1v) is 6.98. The number of nitrogens with one attached hydrogen (secondary N) is 1. The maximum absolute atomic E-state index is 13.4. The molecule has 0 heterocycles. The van der Waals surface area contributed by atoms with Crippen molar-refractivity contribution in [3.63, 3.8) is 0 Å². The van der Waals surface area contributed by atoms with E-state index >= 15 is 0 Å². The molecule has 0 saturated heterocycles. The summed E-state index contributed by atoms with van der Waals surface area (Å²) in [7, 11) is 0. The van der Waals surface area contributed by atoms with E-state index in [4.69, 9.17) is 9.84 Å². The summed E-state index contributed by atoms with van der Waals surface area (Å²) in [6.07, 6.45) is -0.0661. The Morgan fingerprint density at radius 1 is 1.09 bits per heavy atom. The van der Waals surface area contributed by atoms with E-state index in [1.165, 1.54) is 6.07 Å². The molecular formula is C17H16FNO4. The zero-order valence-electron chi connectivity index (χ0n) is 12.3. The smallest absolute Gasteiger partial charge is 0.307 e. The van der Waals surface area contributed by atoms with Gasteiger partial charge in [-0.1, -0.05) is 30.3 Å². The Balaban J connectivity index is 1.78. The number of carbonyl (C=O) groups excluding carboxylic acids is 1. The van der Waals surface area contributed by atoms with Crippen LogP contribution in [0, 0.1) is 5.82 Å². The molecule has 0 unspecified atom stereocenters. The minimum atomic E-state index is -0.911. The maximum atomic E-state index is 13.4. The Kier molecular flexibility index (Phi) is 5.68. The molecule has 120 valence electrons. The Morgan fingerprint density at radius 2 is 1.78 bits per heavy atom. The molecule has 0 spiro atoms. The highest BCUT2D eigenvalue weighted by molar-refractivity contribution is 5.77. The van der Waals surface area contributed by atoms with Crippen molar-refractivity contribution in [1.29, 1.82) is 0 Å². The fourth-order valence-electron chi connectivity index (χ4n) is 1.91. The third-order valence-electron chi connectivity index (χ3n) is 3.08. The van der Waals surface area contributed by atoms with Crippen molar-refractivity contribution < 1.29 is 23.8 Å². The van der Waals surface area contributed by atoms with E-state index in [-0.39, 0.29) is 31.3 Å². The van der Waals surface area contributed by atoms with Crippen LogP contribution in [0.4, 0.5) is 4.39 Å². The second kappa shape index (κ2) is 7.93. The lowest BCUT2D eigenvalue weighted by molar-refractivity contribution is -0.136. The van der Waals surface area contributed by atoms with Crippen LogP contribution < -0.4 is 10.1 Å². The minimum absolute atomic E-state index is 0.0661. The minimum Gasteiger partial charge on any atom is -0.484 e. The summed E-state index contributed by atoms with van der Waals surface area (Å²) in [5.41, 5.74) is 1.05. The molecule has 0 saturated carbocycles. The molecule has 2 N–H and O–H groups in total. The molecule has 1 amide bonds. The fraction of sp³-hybridized carbons (Fsp3) is 0.176. The molecule has 0 aliphatic carbocycles. The molecule has 0 radical (unpaired) electrons. The third kappa shape index (κ3) is 5.43.